The Hall–Kier alpha value is -0.890. The number of nitrogens with one attached hydrogen (secondary N) is 1. The minimum Gasteiger partial charge on any atom is -0.447 e. The first-order valence-electron chi connectivity index (χ1n) is 5.68. The molecule has 1 saturated heterocycles. The van der Waals surface area contributed by atoms with Gasteiger partial charge in [0.1, 0.15) is 5.76 Å². The fourth-order valence-electron chi connectivity index (χ4n) is 1.81. The van der Waals surface area contributed by atoms with Gasteiger partial charge in [-0.05, 0) is 25.0 Å². The summed E-state index contributed by atoms with van der Waals surface area (Å²) in [5.41, 5.74) is 5.37. The van der Waals surface area contributed by atoms with Gasteiger partial charge in [0.2, 0.25) is 5.09 Å². The molecule has 0 atom stereocenters. The van der Waals surface area contributed by atoms with Crippen LogP contribution in [0.3, 0.4) is 0 Å². The van der Waals surface area contributed by atoms with Gasteiger partial charge in [-0.2, -0.15) is 0 Å². The summed E-state index contributed by atoms with van der Waals surface area (Å²) in [6.07, 6.45) is 3.17. The summed E-state index contributed by atoms with van der Waals surface area (Å²) in [7, 11) is -3.60. The Kier molecular flexibility index (Phi) is 3.82. The molecule has 3 N–H and O–H groups in total. The largest absolute Gasteiger partial charge is 0.447 e. The molecule has 17 heavy (non-hydrogen) atoms. The molecule has 7 heteroatoms. The van der Waals surface area contributed by atoms with Crippen LogP contribution in [0, 0.1) is 0 Å². The Balaban J connectivity index is 2.07. The summed E-state index contributed by atoms with van der Waals surface area (Å²) in [5.74, 6) is 0.462. The van der Waals surface area contributed by atoms with Crippen LogP contribution in [0.1, 0.15) is 25.0 Å². The van der Waals surface area contributed by atoms with Gasteiger partial charge in [0.25, 0.3) is 10.0 Å². The molecule has 0 saturated carbocycles. The number of furan rings is 1. The predicted octanol–water partition coefficient (Wildman–Crippen LogP) is 0.417. The van der Waals surface area contributed by atoms with Gasteiger partial charge in [-0.3, -0.25) is 0 Å². The van der Waals surface area contributed by atoms with Gasteiger partial charge >= 0.3 is 0 Å². The lowest BCUT2D eigenvalue weighted by Gasteiger charge is -2.25. The van der Waals surface area contributed by atoms with E-state index < -0.39 is 10.0 Å². The van der Waals surface area contributed by atoms with E-state index in [0.717, 1.165) is 32.4 Å². The minimum absolute atomic E-state index is 0.0801. The Morgan fingerprint density at radius 2 is 2.00 bits per heavy atom. The summed E-state index contributed by atoms with van der Waals surface area (Å²) >= 11 is 0. The van der Waals surface area contributed by atoms with Crippen molar-refractivity contribution in [1.29, 1.82) is 0 Å². The highest BCUT2D eigenvalue weighted by atomic mass is 32.2. The van der Waals surface area contributed by atoms with Gasteiger partial charge < -0.3 is 10.2 Å². The molecule has 0 spiro atoms. The third-order valence-electron chi connectivity index (χ3n) is 2.71. The molecule has 1 aliphatic rings. The first-order chi connectivity index (χ1) is 8.12. The molecule has 0 radical (unpaired) electrons. The number of hydrazine groups is 1. The average Bonchev–Trinajstić information content (AvgIpc) is 2.79. The Morgan fingerprint density at radius 3 is 2.59 bits per heavy atom. The molecule has 2 rings (SSSR count). The number of rotatable bonds is 4. The Bertz CT molecular complexity index is 463. The first kappa shape index (κ1) is 12.6. The topological polar surface area (TPSA) is 88.6 Å². The van der Waals surface area contributed by atoms with Crippen LogP contribution in [0.15, 0.2) is 21.6 Å². The molecular weight excluding hydrogens is 242 g/mol. The number of hydrogen-bond acceptors (Lipinski definition) is 5. The quantitative estimate of drug-likeness (QED) is 0.818. The molecule has 0 aliphatic carbocycles. The number of sulfonamides is 1. The highest BCUT2D eigenvalue weighted by Gasteiger charge is 2.22. The van der Waals surface area contributed by atoms with Crippen LogP contribution in [0.5, 0.6) is 0 Å². The molecule has 6 nitrogen and oxygen atoms in total. The number of nitrogens with zero attached hydrogens (tertiary/aromatic N) is 1. The number of nitrogens with two attached hydrogens (primary N) is 1. The van der Waals surface area contributed by atoms with Crippen LogP contribution >= 0.6 is 0 Å². The van der Waals surface area contributed by atoms with Crippen molar-refractivity contribution in [3.8, 4) is 0 Å². The van der Waals surface area contributed by atoms with Crippen LogP contribution in [-0.2, 0) is 16.6 Å². The molecule has 96 valence electrons. The van der Waals surface area contributed by atoms with E-state index in [-0.39, 0.29) is 11.6 Å². The van der Waals surface area contributed by atoms with Crippen molar-refractivity contribution in [2.45, 2.75) is 30.9 Å². The van der Waals surface area contributed by atoms with Gasteiger partial charge in [0, 0.05) is 13.1 Å². The second-order valence-corrected chi connectivity index (χ2v) is 5.66. The SMILES string of the molecule is NCc1ccc(S(=O)(=O)NN2CCCCC2)o1. The van der Waals surface area contributed by atoms with Crippen molar-refractivity contribution < 1.29 is 12.8 Å². The summed E-state index contributed by atoms with van der Waals surface area (Å²) in [6, 6.07) is 3.00. The van der Waals surface area contributed by atoms with Crippen molar-refractivity contribution in [3.63, 3.8) is 0 Å². The third kappa shape index (κ3) is 3.06. The molecule has 0 aromatic carbocycles. The lowest BCUT2D eigenvalue weighted by Crippen LogP contribution is -2.44. The molecule has 0 unspecified atom stereocenters. The van der Waals surface area contributed by atoms with E-state index in [1.54, 1.807) is 11.1 Å². The number of piperidine rings is 1. The Morgan fingerprint density at radius 1 is 1.29 bits per heavy atom. The lowest BCUT2D eigenvalue weighted by atomic mass is 10.2. The molecule has 1 aromatic heterocycles. The molecule has 2 heterocycles. The normalized spacial score (nSPS) is 18.4. The van der Waals surface area contributed by atoms with Gasteiger partial charge in [-0.25, -0.2) is 13.4 Å². The van der Waals surface area contributed by atoms with Crippen molar-refractivity contribution in [2.24, 2.45) is 5.73 Å². The Labute approximate surface area is 101 Å². The fourth-order valence-corrected chi connectivity index (χ4v) is 2.89. The summed E-state index contributed by atoms with van der Waals surface area (Å²) in [4.78, 5) is 2.52. The van der Waals surface area contributed by atoms with Crippen LogP contribution in [0.25, 0.3) is 0 Å². The monoisotopic (exact) mass is 259 g/mol. The summed E-state index contributed by atoms with van der Waals surface area (Å²) in [5, 5.41) is 1.63. The fraction of sp³-hybridized carbons (Fsp3) is 0.600. The molecule has 1 fully saturated rings. The molecule has 0 amide bonds. The average molecular weight is 259 g/mol. The van der Waals surface area contributed by atoms with E-state index >= 15 is 0 Å². The van der Waals surface area contributed by atoms with Crippen molar-refractivity contribution >= 4 is 10.0 Å². The second-order valence-electron chi connectivity index (χ2n) is 4.07. The molecule has 0 bridgehead atoms. The highest BCUT2D eigenvalue weighted by Crippen LogP contribution is 2.15. The van der Waals surface area contributed by atoms with Crippen molar-refractivity contribution in [3.05, 3.63) is 17.9 Å². The van der Waals surface area contributed by atoms with Crippen LogP contribution < -0.4 is 10.6 Å². The molecular formula is C10H17N3O3S. The van der Waals surface area contributed by atoms with Gasteiger partial charge in [-0.1, -0.05) is 6.42 Å². The van der Waals surface area contributed by atoms with E-state index in [1.165, 1.54) is 6.07 Å². The highest BCUT2D eigenvalue weighted by molar-refractivity contribution is 7.89. The summed E-state index contributed by atoms with van der Waals surface area (Å²) < 4.78 is 29.0. The zero-order chi connectivity index (χ0) is 12.3. The van der Waals surface area contributed by atoms with E-state index in [1.807, 2.05) is 0 Å². The zero-order valence-electron chi connectivity index (χ0n) is 9.55. The lowest BCUT2D eigenvalue weighted by molar-refractivity contribution is 0.198. The van der Waals surface area contributed by atoms with E-state index in [9.17, 15) is 8.42 Å². The van der Waals surface area contributed by atoms with Crippen LogP contribution in [0.2, 0.25) is 0 Å². The number of hydrogen-bond donors (Lipinski definition) is 2. The maximum atomic E-state index is 11.9. The minimum atomic E-state index is -3.60. The second kappa shape index (κ2) is 5.18. The molecule has 1 aromatic rings. The zero-order valence-corrected chi connectivity index (χ0v) is 10.4. The van der Waals surface area contributed by atoms with Gasteiger partial charge in [-0.15, -0.1) is 4.83 Å². The predicted molar refractivity (Wildman–Crippen MR) is 62.3 cm³/mol. The van der Waals surface area contributed by atoms with Crippen molar-refractivity contribution in [1.82, 2.24) is 9.84 Å². The molecule has 1 aliphatic heterocycles. The summed E-state index contributed by atoms with van der Waals surface area (Å²) in [6.45, 7) is 1.67. The van der Waals surface area contributed by atoms with E-state index in [0.29, 0.717) is 5.76 Å². The smallest absolute Gasteiger partial charge is 0.286 e. The third-order valence-corrected chi connectivity index (χ3v) is 3.96. The van der Waals surface area contributed by atoms with Crippen molar-refractivity contribution in [2.75, 3.05) is 13.1 Å². The maximum Gasteiger partial charge on any atom is 0.286 e. The van der Waals surface area contributed by atoms with Crippen LogP contribution in [0.4, 0.5) is 0 Å². The first-order valence-corrected chi connectivity index (χ1v) is 7.16. The van der Waals surface area contributed by atoms with Gasteiger partial charge in [0.15, 0.2) is 0 Å². The van der Waals surface area contributed by atoms with Gasteiger partial charge in [0.05, 0.1) is 6.54 Å². The van der Waals surface area contributed by atoms with Crippen LogP contribution in [-0.4, -0.2) is 26.5 Å². The van der Waals surface area contributed by atoms with E-state index in [2.05, 4.69) is 4.83 Å². The maximum absolute atomic E-state index is 11.9. The standard InChI is InChI=1S/C10H17N3O3S/c11-8-9-4-5-10(16-9)17(14,15)12-13-6-2-1-3-7-13/h4-5,12H,1-3,6-8,11H2. The van der Waals surface area contributed by atoms with E-state index in [4.69, 9.17) is 10.2 Å².